The van der Waals surface area contributed by atoms with E-state index >= 15 is 0 Å². The van der Waals surface area contributed by atoms with E-state index in [1.54, 1.807) is 12.3 Å². The number of aromatic nitrogens is 3. The van der Waals surface area contributed by atoms with Crippen LogP contribution in [0, 0.1) is 12.7 Å². The van der Waals surface area contributed by atoms with E-state index in [0.717, 1.165) is 37.1 Å². The maximum atomic E-state index is 15.0. The number of anilines is 1. The minimum atomic E-state index is -0.380. The molecule has 1 aliphatic heterocycles. The number of hydrogen-bond acceptors (Lipinski definition) is 5. The Hall–Kier alpha value is -3.48. The first-order valence-electron chi connectivity index (χ1n) is 10.5. The first-order chi connectivity index (χ1) is 15.0. The molecule has 0 saturated carbocycles. The topological polar surface area (TPSA) is 64.2 Å². The lowest BCUT2D eigenvalue weighted by atomic mass is 10.1. The average Bonchev–Trinajstić information content (AvgIpc) is 3.26. The molecule has 1 fully saturated rings. The molecular formula is C24H23FN4O2. The number of piperidine rings is 1. The minimum absolute atomic E-state index is 0.126. The number of aryl methyl sites for hydroxylation is 2. The summed E-state index contributed by atoms with van der Waals surface area (Å²) in [5.41, 5.74) is 3.01. The smallest absolute Gasteiger partial charge is 0.263 e. The molecule has 0 atom stereocenters. The number of pyridine rings is 1. The molecule has 2 aromatic carbocycles. The Bertz CT molecular complexity index is 1340. The molecule has 0 amide bonds. The third kappa shape index (κ3) is 3.40. The summed E-state index contributed by atoms with van der Waals surface area (Å²) in [6.45, 7) is 3.62. The molecule has 2 aromatic heterocycles. The molecule has 4 aromatic rings. The van der Waals surface area contributed by atoms with Gasteiger partial charge in [-0.3, -0.25) is 4.79 Å². The van der Waals surface area contributed by atoms with Crippen LogP contribution in [0.1, 0.15) is 24.8 Å². The summed E-state index contributed by atoms with van der Waals surface area (Å²) in [4.78, 5) is 19.7. The minimum Gasteiger partial charge on any atom is -0.369 e. The molecule has 0 spiro atoms. The normalized spacial score (nSPS) is 14.4. The number of nitrogens with zero attached hydrogens (tertiary/aromatic N) is 4. The average molecular weight is 418 g/mol. The number of halogens is 1. The van der Waals surface area contributed by atoms with Gasteiger partial charge in [-0.1, -0.05) is 29.4 Å². The van der Waals surface area contributed by atoms with Crippen molar-refractivity contribution in [3.63, 3.8) is 0 Å². The maximum Gasteiger partial charge on any atom is 0.263 e. The van der Waals surface area contributed by atoms with Gasteiger partial charge in [0, 0.05) is 37.3 Å². The molecule has 0 N–H and O–H groups in total. The Morgan fingerprint density at radius 1 is 1.06 bits per heavy atom. The van der Waals surface area contributed by atoms with E-state index in [1.165, 1.54) is 12.5 Å². The van der Waals surface area contributed by atoms with Gasteiger partial charge in [-0.05, 0) is 43.9 Å². The van der Waals surface area contributed by atoms with Gasteiger partial charge >= 0.3 is 0 Å². The van der Waals surface area contributed by atoms with Crippen LogP contribution in [-0.2, 0) is 7.05 Å². The summed E-state index contributed by atoms with van der Waals surface area (Å²) in [5.74, 6) is 0.165. The lowest BCUT2D eigenvalue weighted by Crippen LogP contribution is -2.30. The summed E-state index contributed by atoms with van der Waals surface area (Å²) in [6.07, 6.45) is 4.95. The first kappa shape index (κ1) is 19.5. The van der Waals surface area contributed by atoms with Crippen molar-refractivity contribution >= 4 is 16.6 Å². The van der Waals surface area contributed by atoms with E-state index in [-0.39, 0.29) is 22.7 Å². The van der Waals surface area contributed by atoms with E-state index in [2.05, 4.69) is 15.0 Å². The van der Waals surface area contributed by atoms with Gasteiger partial charge in [-0.15, -0.1) is 0 Å². The second-order valence-corrected chi connectivity index (χ2v) is 8.09. The Balaban J connectivity index is 1.61. The lowest BCUT2D eigenvalue weighted by molar-refractivity contribution is 0.431. The van der Waals surface area contributed by atoms with Crippen LogP contribution < -0.4 is 10.3 Å². The van der Waals surface area contributed by atoms with E-state index in [0.29, 0.717) is 22.4 Å². The van der Waals surface area contributed by atoms with Crippen molar-refractivity contribution in [3.8, 4) is 22.8 Å². The first-order valence-corrected chi connectivity index (χ1v) is 10.5. The van der Waals surface area contributed by atoms with Gasteiger partial charge in [0.2, 0.25) is 11.3 Å². The summed E-state index contributed by atoms with van der Waals surface area (Å²) >= 11 is 0. The zero-order valence-corrected chi connectivity index (χ0v) is 17.6. The summed E-state index contributed by atoms with van der Waals surface area (Å²) in [5, 5.41) is 4.35. The molecule has 1 aliphatic rings. The van der Waals surface area contributed by atoms with Crippen molar-refractivity contribution < 1.29 is 8.91 Å². The van der Waals surface area contributed by atoms with E-state index < -0.39 is 0 Å². The molecule has 31 heavy (non-hydrogen) atoms. The lowest BCUT2D eigenvalue weighted by Gasteiger charge is -2.29. The fraction of sp³-hybridized carbons (Fsp3) is 0.292. The summed E-state index contributed by atoms with van der Waals surface area (Å²) in [6, 6.07) is 10.8. The second-order valence-electron chi connectivity index (χ2n) is 8.09. The fourth-order valence-corrected chi connectivity index (χ4v) is 4.29. The number of rotatable bonds is 3. The van der Waals surface area contributed by atoms with Crippen LogP contribution in [0.5, 0.6) is 0 Å². The van der Waals surface area contributed by atoms with Crippen LogP contribution >= 0.6 is 0 Å². The molecule has 0 unspecified atom stereocenters. The van der Waals surface area contributed by atoms with E-state index in [1.807, 2.05) is 42.8 Å². The maximum absolute atomic E-state index is 15.0. The quantitative estimate of drug-likeness (QED) is 0.483. The number of hydrogen-bond donors (Lipinski definition) is 0. The van der Waals surface area contributed by atoms with Gasteiger partial charge in [0.25, 0.3) is 5.89 Å². The molecule has 1 saturated heterocycles. The molecule has 0 aliphatic carbocycles. The number of fused-ring (bicyclic) bond motifs is 1. The van der Waals surface area contributed by atoms with Gasteiger partial charge < -0.3 is 14.0 Å². The SMILES string of the molecule is Cc1ccccc1-c1noc(-c2cn(C)c3cc(N4CCCCC4)c(F)cc3c2=O)n1. The van der Waals surface area contributed by atoms with Gasteiger partial charge in [-0.2, -0.15) is 4.98 Å². The molecule has 158 valence electrons. The predicted molar refractivity (Wildman–Crippen MR) is 119 cm³/mol. The van der Waals surface area contributed by atoms with Crippen LogP contribution in [0.3, 0.4) is 0 Å². The van der Waals surface area contributed by atoms with Gasteiger partial charge in [0.05, 0.1) is 11.2 Å². The van der Waals surface area contributed by atoms with Crippen molar-refractivity contribution in [3.05, 3.63) is 64.2 Å². The molecule has 6 nitrogen and oxygen atoms in total. The van der Waals surface area contributed by atoms with Gasteiger partial charge in [-0.25, -0.2) is 4.39 Å². The van der Waals surface area contributed by atoms with Gasteiger partial charge in [0.15, 0.2) is 0 Å². The molecule has 5 rings (SSSR count). The summed E-state index contributed by atoms with van der Waals surface area (Å²) in [7, 11) is 1.84. The molecule has 0 bridgehead atoms. The number of benzene rings is 2. The highest BCUT2D eigenvalue weighted by Crippen LogP contribution is 2.29. The second kappa shape index (κ2) is 7.65. The standard InChI is InChI=1S/C24H23FN4O2/c1-15-8-4-5-9-16(15)23-26-24(31-27-23)18-14-28(2)20-13-21(29-10-6-3-7-11-29)19(25)12-17(20)22(18)30/h4-5,8-9,12-14H,3,6-7,10-11H2,1-2H3. The van der Waals surface area contributed by atoms with Crippen molar-refractivity contribution in [2.75, 3.05) is 18.0 Å². The zero-order chi connectivity index (χ0) is 21.5. The Morgan fingerprint density at radius 3 is 2.61 bits per heavy atom. The third-order valence-electron chi connectivity index (χ3n) is 6.00. The highest BCUT2D eigenvalue weighted by molar-refractivity contribution is 5.86. The summed E-state index contributed by atoms with van der Waals surface area (Å²) < 4.78 is 22.2. The molecule has 3 heterocycles. The third-order valence-corrected chi connectivity index (χ3v) is 6.00. The van der Waals surface area contributed by atoms with Gasteiger partial charge in [0.1, 0.15) is 11.4 Å². The Kier molecular flexibility index (Phi) is 4.81. The highest BCUT2D eigenvalue weighted by Gasteiger charge is 2.21. The van der Waals surface area contributed by atoms with Crippen LogP contribution in [0.25, 0.3) is 33.7 Å². The Labute approximate surface area is 178 Å². The fourth-order valence-electron chi connectivity index (χ4n) is 4.29. The van der Waals surface area contributed by atoms with Crippen molar-refractivity contribution in [2.45, 2.75) is 26.2 Å². The van der Waals surface area contributed by atoms with Crippen molar-refractivity contribution in [1.29, 1.82) is 0 Å². The highest BCUT2D eigenvalue weighted by atomic mass is 19.1. The zero-order valence-electron chi connectivity index (χ0n) is 17.6. The van der Waals surface area contributed by atoms with Crippen LogP contribution in [0.15, 0.2) is 51.9 Å². The molecule has 0 radical (unpaired) electrons. The monoisotopic (exact) mass is 418 g/mol. The van der Waals surface area contributed by atoms with E-state index in [9.17, 15) is 9.18 Å². The van der Waals surface area contributed by atoms with Crippen LogP contribution in [0.2, 0.25) is 0 Å². The van der Waals surface area contributed by atoms with Crippen LogP contribution in [-0.4, -0.2) is 27.8 Å². The molecular weight excluding hydrogens is 395 g/mol. The predicted octanol–water partition coefficient (Wildman–Crippen LogP) is 4.69. The van der Waals surface area contributed by atoms with E-state index in [4.69, 9.17) is 4.52 Å². The van der Waals surface area contributed by atoms with Crippen molar-refractivity contribution in [2.24, 2.45) is 7.05 Å². The largest absolute Gasteiger partial charge is 0.369 e. The van der Waals surface area contributed by atoms with Crippen LogP contribution in [0.4, 0.5) is 10.1 Å². The van der Waals surface area contributed by atoms with Crippen molar-refractivity contribution in [1.82, 2.24) is 14.7 Å². The Morgan fingerprint density at radius 2 is 1.84 bits per heavy atom. The molecule has 7 heteroatoms.